The summed E-state index contributed by atoms with van der Waals surface area (Å²) in [6.45, 7) is 8.67. The minimum atomic E-state index is -0.945. The number of hydrogen-bond acceptors (Lipinski definition) is 5. The first-order chi connectivity index (χ1) is 15.6. The van der Waals surface area contributed by atoms with Crippen LogP contribution in [-0.4, -0.2) is 48.6 Å². The molecule has 0 fully saturated rings. The van der Waals surface area contributed by atoms with Crippen molar-refractivity contribution in [1.29, 1.82) is 0 Å². The fourth-order valence-electron chi connectivity index (χ4n) is 3.05. The molecule has 176 valence electrons. The second-order valence-electron chi connectivity index (χ2n) is 8.22. The number of anilines is 1. The molecular weight excluding hydrogens is 422 g/mol. The Morgan fingerprint density at radius 3 is 2.24 bits per heavy atom. The van der Waals surface area contributed by atoms with Crippen LogP contribution in [0.5, 0.6) is 5.75 Å². The van der Waals surface area contributed by atoms with Gasteiger partial charge in [-0.2, -0.15) is 0 Å². The molecule has 3 amide bonds. The Hall–Kier alpha value is -3.81. The van der Waals surface area contributed by atoms with Crippen LogP contribution in [0.25, 0.3) is 0 Å². The summed E-state index contributed by atoms with van der Waals surface area (Å²) in [6, 6.07) is 14.9. The highest BCUT2D eigenvalue weighted by atomic mass is 16.6. The molecule has 0 aliphatic carbocycles. The number of nitrogens with one attached hydrogen (secondary N) is 2. The van der Waals surface area contributed by atoms with Gasteiger partial charge in [0.15, 0.2) is 0 Å². The molecule has 8 nitrogen and oxygen atoms in total. The normalized spacial score (nSPS) is 11.6. The first kappa shape index (κ1) is 25.5. The summed E-state index contributed by atoms with van der Waals surface area (Å²) in [4.78, 5) is 39.8. The number of carbonyl (C=O) groups excluding carboxylic acids is 3. The molecule has 0 saturated heterocycles. The molecule has 2 aromatic carbocycles. The van der Waals surface area contributed by atoms with Crippen molar-refractivity contribution in [2.24, 2.45) is 0 Å². The largest absolute Gasteiger partial charge is 0.497 e. The van der Waals surface area contributed by atoms with E-state index in [-0.39, 0.29) is 13.1 Å². The van der Waals surface area contributed by atoms with Gasteiger partial charge >= 0.3 is 6.09 Å². The van der Waals surface area contributed by atoms with Crippen LogP contribution >= 0.6 is 0 Å². The van der Waals surface area contributed by atoms with Gasteiger partial charge in [0.25, 0.3) is 5.91 Å². The van der Waals surface area contributed by atoms with Crippen LogP contribution in [0.3, 0.4) is 0 Å². The van der Waals surface area contributed by atoms with Gasteiger partial charge in [-0.3, -0.25) is 9.59 Å². The molecule has 2 rings (SSSR count). The standard InChI is InChI=1S/C25H31N3O5/c1-6-16-28(21(29)17-26-24(31)33-25(2,3)4)22(18-10-8-7-9-11-18)23(30)27-19-12-14-20(32-5)15-13-19/h6-15,22H,1,16-17H2,2-5H3,(H,26,31)(H,27,30). The van der Waals surface area contributed by atoms with Crippen molar-refractivity contribution >= 4 is 23.6 Å². The highest BCUT2D eigenvalue weighted by molar-refractivity contribution is 5.98. The van der Waals surface area contributed by atoms with Crippen LogP contribution in [0.4, 0.5) is 10.5 Å². The molecule has 2 aromatic rings. The fourth-order valence-corrected chi connectivity index (χ4v) is 3.05. The zero-order chi connectivity index (χ0) is 24.4. The summed E-state index contributed by atoms with van der Waals surface area (Å²) in [5.74, 6) is -0.206. The van der Waals surface area contributed by atoms with E-state index >= 15 is 0 Å². The van der Waals surface area contributed by atoms with Gasteiger partial charge < -0.3 is 25.0 Å². The third kappa shape index (κ3) is 7.99. The van der Waals surface area contributed by atoms with Gasteiger partial charge in [-0.15, -0.1) is 6.58 Å². The molecule has 1 atom stereocenters. The van der Waals surface area contributed by atoms with Crippen molar-refractivity contribution in [1.82, 2.24) is 10.2 Å². The second kappa shape index (κ2) is 11.7. The number of ether oxygens (including phenoxy) is 2. The maximum absolute atomic E-state index is 13.3. The molecule has 0 heterocycles. The number of carbonyl (C=O) groups is 3. The fraction of sp³-hybridized carbons (Fsp3) is 0.320. The van der Waals surface area contributed by atoms with Gasteiger partial charge in [-0.05, 0) is 50.6 Å². The topological polar surface area (TPSA) is 97.0 Å². The molecule has 0 saturated carbocycles. The van der Waals surface area contributed by atoms with Crippen LogP contribution in [0, 0.1) is 0 Å². The average molecular weight is 454 g/mol. The molecule has 8 heteroatoms. The summed E-state index contributed by atoms with van der Waals surface area (Å²) in [5.41, 5.74) is 0.481. The number of amides is 3. The van der Waals surface area contributed by atoms with Crippen molar-refractivity contribution in [3.05, 3.63) is 72.8 Å². The van der Waals surface area contributed by atoms with Crippen LogP contribution in [0.1, 0.15) is 32.4 Å². The smallest absolute Gasteiger partial charge is 0.408 e. The first-order valence-corrected chi connectivity index (χ1v) is 10.5. The highest BCUT2D eigenvalue weighted by Crippen LogP contribution is 2.24. The van der Waals surface area contributed by atoms with Crippen molar-refractivity contribution in [2.45, 2.75) is 32.4 Å². The summed E-state index contributed by atoms with van der Waals surface area (Å²) in [5, 5.41) is 5.30. The van der Waals surface area contributed by atoms with E-state index in [1.165, 1.54) is 11.0 Å². The van der Waals surface area contributed by atoms with E-state index < -0.39 is 29.6 Å². The highest BCUT2D eigenvalue weighted by Gasteiger charge is 2.31. The van der Waals surface area contributed by atoms with E-state index in [1.54, 1.807) is 76.4 Å². The number of nitrogens with zero attached hydrogens (tertiary/aromatic N) is 1. The number of benzene rings is 2. The summed E-state index contributed by atoms with van der Waals surface area (Å²) in [7, 11) is 1.56. The molecule has 2 N–H and O–H groups in total. The summed E-state index contributed by atoms with van der Waals surface area (Å²) < 4.78 is 10.3. The molecule has 0 spiro atoms. The number of rotatable bonds is 9. The van der Waals surface area contributed by atoms with Crippen LogP contribution in [0.15, 0.2) is 67.3 Å². The zero-order valence-electron chi connectivity index (χ0n) is 19.5. The molecule has 0 radical (unpaired) electrons. The van der Waals surface area contributed by atoms with Gasteiger partial charge in [0, 0.05) is 12.2 Å². The lowest BCUT2D eigenvalue weighted by Crippen LogP contribution is -2.46. The Balaban J connectivity index is 2.26. The predicted octanol–water partition coefficient (Wildman–Crippen LogP) is 3.91. The second-order valence-corrected chi connectivity index (χ2v) is 8.22. The molecule has 0 aromatic heterocycles. The van der Waals surface area contributed by atoms with Crippen molar-refractivity contribution < 1.29 is 23.9 Å². The SMILES string of the molecule is C=CCN(C(=O)CNC(=O)OC(C)(C)C)C(C(=O)Nc1ccc(OC)cc1)c1ccccc1. The van der Waals surface area contributed by atoms with E-state index in [1.807, 2.05) is 6.07 Å². The van der Waals surface area contributed by atoms with E-state index in [0.717, 1.165) is 0 Å². The van der Waals surface area contributed by atoms with Gasteiger partial charge in [-0.1, -0.05) is 36.4 Å². The van der Waals surface area contributed by atoms with Crippen molar-refractivity contribution in [3.8, 4) is 5.75 Å². The van der Waals surface area contributed by atoms with E-state index in [2.05, 4.69) is 17.2 Å². The summed E-state index contributed by atoms with van der Waals surface area (Å²) >= 11 is 0. The summed E-state index contributed by atoms with van der Waals surface area (Å²) in [6.07, 6.45) is 0.815. The van der Waals surface area contributed by atoms with Gasteiger partial charge in [0.05, 0.1) is 7.11 Å². The Labute approximate surface area is 194 Å². The van der Waals surface area contributed by atoms with E-state index in [9.17, 15) is 14.4 Å². The average Bonchev–Trinajstić information content (AvgIpc) is 2.77. The van der Waals surface area contributed by atoms with E-state index in [0.29, 0.717) is 17.0 Å². The zero-order valence-corrected chi connectivity index (χ0v) is 19.5. The Morgan fingerprint density at radius 1 is 1.06 bits per heavy atom. The molecule has 0 bridgehead atoms. The monoisotopic (exact) mass is 453 g/mol. The number of methoxy groups -OCH3 is 1. The molecular formula is C25H31N3O5. The minimum Gasteiger partial charge on any atom is -0.497 e. The van der Waals surface area contributed by atoms with Gasteiger partial charge in [-0.25, -0.2) is 4.79 Å². The third-order valence-electron chi connectivity index (χ3n) is 4.46. The van der Waals surface area contributed by atoms with Crippen LogP contribution in [0.2, 0.25) is 0 Å². The Morgan fingerprint density at radius 2 is 1.70 bits per heavy atom. The van der Waals surface area contributed by atoms with Crippen molar-refractivity contribution in [3.63, 3.8) is 0 Å². The predicted molar refractivity (Wildman–Crippen MR) is 127 cm³/mol. The van der Waals surface area contributed by atoms with Gasteiger partial charge in [0.1, 0.15) is 23.9 Å². The molecule has 33 heavy (non-hydrogen) atoms. The maximum Gasteiger partial charge on any atom is 0.408 e. The molecule has 0 aliphatic rings. The quantitative estimate of drug-likeness (QED) is 0.561. The lowest BCUT2D eigenvalue weighted by molar-refractivity contribution is -0.137. The lowest BCUT2D eigenvalue weighted by atomic mass is 10.0. The van der Waals surface area contributed by atoms with Gasteiger partial charge in [0.2, 0.25) is 5.91 Å². The Kier molecular flexibility index (Phi) is 9.03. The number of hydrogen-bond donors (Lipinski definition) is 2. The molecule has 1 unspecified atom stereocenters. The third-order valence-corrected chi connectivity index (χ3v) is 4.46. The lowest BCUT2D eigenvalue weighted by Gasteiger charge is -2.31. The maximum atomic E-state index is 13.3. The Bertz CT molecular complexity index is 952. The first-order valence-electron chi connectivity index (χ1n) is 10.5. The molecule has 0 aliphatic heterocycles. The van der Waals surface area contributed by atoms with E-state index in [4.69, 9.17) is 9.47 Å². The number of alkyl carbamates (subject to hydrolysis) is 1. The minimum absolute atomic E-state index is 0.102. The van der Waals surface area contributed by atoms with Crippen LogP contribution < -0.4 is 15.4 Å². The van der Waals surface area contributed by atoms with Crippen LogP contribution in [-0.2, 0) is 14.3 Å². The van der Waals surface area contributed by atoms with Crippen molar-refractivity contribution in [2.75, 3.05) is 25.5 Å².